The average molecular weight is 287 g/mol. The van der Waals surface area contributed by atoms with Crippen LogP contribution in [0, 0.1) is 5.92 Å². The lowest BCUT2D eigenvalue weighted by atomic mass is 10.1. The number of hydrogen-bond acceptors (Lipinski definition) is 3. The first kappa shape index (κ1) is 14.6. The summed E-state index contributed by atoms with van der Waals surface area (Å²) in [6, 6.07) is 1.98. The van der Waals surface area contributed by atoms with Gasteiger partial charge in [-0.2, -0.15) is 13.2 Å². The van der Waals surface area contributed by atoms with Crippen LogP contribution in [-0.2, 0) is 11.0 Å². The quantitative estimate of drug-likeness (QED) is 0.853. The third-order valence-electron chi connectivity index (χ3n) is 3.42. The normalized spacial score (nSPS) is 19.6. The Morgan fingerprint density at radius 2 is 2.20 bits per heavy atom. The molecule has 1 fully saturated rings. The number of halogens is 3. The summed E-state index contributed by atoms with van der Waals surface area (Å²) in [4.78, 5) is 18.7. The maximum absolute atomic E-state index is 12.6. The second-order valence-electron chi connectivity index (χ2n) is 5.13. The second-order valence-corrected chi connectivity index (χ2v) is 5.13. The van der Waals surface area contributed by atoms with Crippen molar-refractivity contribution in [1.29, 1.82) is 0 Å². The van der Waals surface area contributed by atoms with Crippen molar-refractivity contribution in [2.24, 2.45) is 5.92 Å². The van der Waals surface area contributed by atoms with Crippen molar-refractivity contribution in [2.45, 2.75) is 12.6 Å². The van der Waals surface area contributed by atoms with E-state index < -0.39 is 11.7 Å². The van der Waals surface area contributed by atoms with E-state index in [9.17, 15) is 18.0 Å². The molecule has 1 amide bonds. The van der Waals surface area contributed by atoms with Crippen LogP contribution in [0.4, 0.5) is 19.0 Å². The molecule has 4 nitrogen and oxygen atoms in total. The average Bonchev–Trinajstić information content (AvgIpc) is 2.67. The summed E-state index contributed by atoms with van der Waals surface area (Å²) in [6.07, 6.45) is -2.79. The zero-order chi connectivity index (χ0) is 14.9. The van der Waals surface area contributed by atoms with E-state index in [-0.39, 0.29) is 17.6 Å². The summed E-state index contributed by atoms with van der Waals surface area (Å²) in [5.74, 6) is 0.455. The highest BCUT2D eigenvalue weighted by Crippen LogP contribution is 2.30. The van der Waals surface area contributed by atoms with Gasteiger partial charge in [-0.05, 0) is 12.1 Å². The Morgan fingerprint density at radius 1 is 1.50 bits per heavy atom. The van der Waals surface area contributed by atoms with Crippen molar-refractivity contribution in [2.75, 3.05) is 32.1 Å². The highest BCUT2D eigenvalue weighted by molar-refractivity contribution is 5.78. The number of aromatic nitrogens is 1. The maximum atomic E-state index is 12.6. The van der Waals surface area contributed by atoms with Crippen molar-refractivity contribution in [3.8, 4) is 0 Å². The number of nitrogens with zero attached hydrogens (tertiary/aromatic N) is 3. The molecule has 1 aromatic heterocycles. The minimum absolute atomic E-state index is 0.0698. The number of anilines is 1. The minimum atomic E-state index is -4.37. The van der Waals surface area contributed by atoms with Gasteiger partial charge in [-0.25, -0.2) is 4.98 Å². The zero-order valence-electron chi connectivity index (χ0n) is 11.3. The minimum Gasteiger partial charge on any atom is -0.359 e. The standard InChI is InChI=1S/C13H16F3N3O/c1-18(7-9-5-12(20)19(2)8-9)11-6-10(3-4-17-11)13(14,15)16/h3-4,6,9H,5,7-8H2,1-2H3/t9-/m0/s1. The summed E-state index contributed by atoms with van der Waals surface area (Å²) in [5.41, 5.74) is -0.714. The Hall–Kier alpha value is -1.79. The third-order valence-corrected chi connectivity index (χ3v) is 3.42. The van der Waals surface area contributed by atoms with Crippen LogP contribution in [0.25, 0.3) is 0 Å². The first-order valence-corrected chi connectivity index (χ1v) is 6.25. The molecule has 0 bridgehead atoms. The molecule has 0 aliphatic carbocycles. The Balaban J connectivity index is 2.06. The molecule has 2 rings (SSSR count). The predicted molar refractivity (Wildman–Crippen MR) is 68.3 cm³/mol. The van der Waals surface area contributed by atoms with Crippen LogP contribution in [0.5, 0.6) is 0 Å². The van der Waals surface area contributed by atoms with Gasteiger partial charge in [0.1, 0.15) is 5.82 Å². The van der Waals surface area contributed by atoms with E-state index in [4.69, 9.17) is 0 Å². The zero-order valence-corrected chi connectivity index (χ0v) is 11.3. The summed E-state index contributed by atoms with van der Waals surface area (Å²) < 4.78 is 37.9. The molecule has 110 valence electrons. The van der Waals surface area contributed by atoms with E-state index in [1.165, 1.54) is 0 Å². The number of hydrogen-bond donors (Lipinski definition) is 0. The lowest BCUT2D eigenvalue weighted by molar-refractivity contribution is -0.137. The molecule has 1 aliphatic heterocycles. The summed E-state index contributed by atoms with van der Waals surface area (Å²) in [6.45, 7) is 1.13. The molecular formula is C13H16F3N3O. The first-order chi connectivity index (χ1) is 9.27. The fourth-order valence-electron chi connectivity index (χ4n) is 2.36. The molecule has 0 radical (unpaired) electrons. The van der Waals surface area contributed by atoms with Gasteiger partial charge in [0.05, 0.1) is 5.56 Å². The Morgan fingerprint density at radius 3 is 2.75 bits per heavy atom. The Bertz CT molecular complexity index is 504. The van der Waals surface area contributed by atoms with Gasteiger partial charge in [-0.3, -0.25) is 4.79 Å². The highest BCUT2D eigenvalue weighted by atomic mass is 19.4. The van der Waals surface area contributed by atoms with Crippen molar-refractivity contribution < 1.29 is 18.0 Å². The number of alkyl halides is 3. The molecule has 2 heterocycles. The van der Waals surface area contributed by atoms with Gasteiger partial charge in [0.15, 0.2) is 0 Å². The van der Waals surface area contributed by atoms with E-state index >= 15 is 0 Å². The topological polar surface area (TPSA) is 36.4 Å². The molecule has 0 saturated carbocycles. The summed E-state index contributed by atoms with van der Waals surface area (Å²) in [7, 11) is 3.41. The fourth-order valence-corrected chi connectivity index (χ4v) is 2.36. The number of rotatable bonds is 3. The van der Waals surface area contributed by atoms with Crippen molar-refractivity contribution in [3.05, 3.63) is 23.9 Å². The highest BCUT2D eigenvalue weighted by Gasteiger charge is 2.32. The molecule has 1 aliphatic rings. The van der Waals surface area contributed by atoms with Gasteiger partial charge in [0.25, 0.3) is 0 Å². The second kappa shape index (κ2) is 5.30. The van der Waals surface area contributed by atoms with E-state index in [1.54, 1.807) is 23.9 Å². The molecule has 7 heteroatoms. The van der Waals surface area contributed by atoms with Gasteiger partial charge in [0, 0.05) is 45.7 Å². The number of carbonyl (C=O) groups is 1. The molecular weight excluding hydrogens is 271 g/mol. The largest absolute Gasteiger partial charge is 0.416 e. The SMILES string of the molecule is CN1C[C@H](CN(C)c2cc(C(F)(F)F)ccn2)CC1=O. The van der Waals surface area contributed by atoms with Crippen molar-refractivity contribution in [1.82, 2.24) is 9.88 Å². The molecule has 0 unspecified atom stereocenters. The van der Waals surface area contributed by atoms with Crippen LogP contribution < -0.4 is 4.90 Å². The first-order valence-electron chi connectivity index (χ1n) is 6.25. The lowest BCUT2D eigenvalue weighted by Crippen LogP contribution is -2.28. The van der Waals surface area contributed by atoms with Gasteiger partial charge in [-0.15, -0.1) is 0 Å². The molecule has 1 aromatic rings. The van der Waals surface area contributed by atoms with Gasteiger partial charge < -0.3 is 9.80 Å². The van der Waals surface area contributed by atoms with E-state index in [0.717, 1.165) is 18.3 Å². The smallest absolute Gasteiger partial charge is 0.359 e. The Kier molecular flexibility index (Phi) is 3.87. The molecule has 0 spiro atoms. The number of likely N-dealkylation sites (tertiary alicyclic amines) is 1. The summed E-state index contributed by atoms with van der Waals surface area (Å²) in [5, 5.41) is 0. The van der Waals surface area contributed by atoms with Crippen LogP contribution in [-0.4, -0.2) is 43.0 Å². The lowest BCUT2D eigenvalue weighted by Gasteiger charge is -2.22. The monoisotopic (exact) mass is 287 g/mol. The van der Waals surface area contributed by atoms with Gasteiger partial charge in [0.2, 0.25) is 5.91 Å². The molecule has 0 aromatic carbocycles. The molecule has 0 N–H and O–H groups in total. The molecule has 20 heavy (non-hydrogen) atoms. The predicted octanol–water partition coefficient (Wildman–Crippen LogP) is 2.01. The number of pyridine rings is 1. The van der Waals surface area contributed by atoms with E-state index in [2.05, 4.69) is 4.98 Å². The number of carbonyl (C=O) groups excluding carboxylic acids is 1. The fraction of sp³-hybridized carbons (Fsp3) is 0.538. The summed E-state index contributed by atoms with van der Waals surface area (Å²) >= 11 is 0. The molecule has 1 saturated heterocycles. The van der Waals surface area contributed by atoms with Crippen molar-refractivity contribution >= 4 is 11.7 Å². The van der Waals surface area contributed by atoms with Crippen LogP contribution in [0.15, 0.2) is 18.3 Å². The van der Waals surface area contributed by atoms with Crippen LogP contribution in [0.1, 0.15) is 12.0 Å². The van der Waals surface area contributed by atoms with E-state index in [1.807, 2.05) is 0 Å². The van der Waals surface area contributed by atoms with Gasteiger partial charge >= 0.3 is 6.18 Å². The van der Waals surface area contributed by atoms with Crippen LogP contribution >= 0.6 is 0 Å². The number of amides is 1. The van der Waals surface area contributed by atoms with Gasteiger partial charge in [-0.1, -0.05) is 0 Å². The van der Waals surface area contributed by atoms with Crippen LogP contribution in [0.2, 0.25) is 0 Å². The van der Waals surface area contributed by atoms with Crippen molar-refractivity contribution in [3.63, 3.8) is 0 Å². The van der Waals surface area contributed by atoms with E-state index in [0.29, 0.717) is 19.5 Å². The molecule has 1 atom stereocenters. The Labute approximate surface area is 115 Å². The third kappa shape index (κ3) is 3.20. The maximum Gasteiger partial charge on any atom is 0.416 e. The van der Waals surface area contributed by atoms with Crippen LogP contribution in [0.3, 0.4) is 0 Å².